The number of amides is 1. The van der Waals surface area contributed by atoms with Crippen LogP contribution in [0.15, 0.2) is 35.5 Å². The summed E-state index contributed by atoms with van der Waals surface area (Å²) in [6.07, 6.45) is 4.93. The van der Waals surface area contributed by atoms with Crippen molar-refractivity contribution in [1.82, 2.24) is 19.4 Å². The van der Waals surface area contributed by atoms with Crippen molar-refractivity contribution in [3.05, 3.63) is 52.5 Å². The maximum Gasteiger partial charge on any atom is 0.255 e. The molecule has 2 heterocycles. The van der Waals surface area contributed by atoms with Gasteiger partial charge in [0.25, 0.3) is 5.91 Å². The molecule has 0 aliphatic heterocycles. The van der Waals surface area contributed by atoms with Gasteiger partial charge >= 0.3 is 0 Å². The lowest BCUT2D eigenvalue weighted by Gasteiger charge is -2.16. The predicted molar refractivity (Wildman–Crippen MR) is 66.1 cm³/mol. The number of nitrogens with one attached hydrogen (secondary N) is 1. The van der Waals surface area contributed by atoms with Gasteiger partial charge in [0.2, 0.25) is 5.56 Å². The maximum absolute atomic E-state index is 12.1. The van der Waals surface area contributed by atoms with E-state index in [4.69, 9.17) is 0 Å². The second-order valence-electron chi connectivity index (χ2n) is 4.06. The van der Waals surface area contributed by atoms with Crippen molar-refractivity contribution in [3.8, 4) is 0 Å². The number of aryl methyl sites for hydroxylation is 1. The first-order chi connectivity index (χ1) is 8.58. The zero-order chi connectivity index (χ0) is 13.1. The van der Waals surface area contributed by atoms with Crippen LogP contribution < -0.4 is 5.56 Å². The molecule has 94 valence electrons. The molecule has 2 aromatic heterocycles. The van der Waals surface area contributed by atoms with Crippen molar-refractivity contribution >= 4 is 5.91 Å². The fraction of sp³-hybridized carbons (Fsp3) is 0.250. The second-order valence-corrected chi connectivity index (χ2v) is 4.06. The van der Waals surface area contributed by atoms with E-state index in [1.165, 1.54) is 18.3 Å². The molecule has 1 amide bonds. The molecule has 0 saturated carbocycles. The molecule has 0 aliphatic carbocycles. The lowest BCUT2D eigenvalue weighted by molar-refractivity contribution is 0.0780. The fourth-order valence-corrected chi connectivity index (χ4v) is 1.60. The van der Waals surface area contributed by atoms with E-state index < -0.39 is 0 Å². The van der Waals surface area contributed by atoms with Gasteiger partial charge in [-0.2, -0.15) is 0 Å². The molecule has 6 heteroatoms. The molecule has 0 aromatic carbocycles. The highest BCUT2D eigenvalue weighted by molar-refractivity contribution is 5.93. The molecule has 0 radical (unpaired) electrons. The third kappa shape index (κ3) is 2.48. The minimum absolute atomic E-state index is 0.158. The standard InChI is InChI=1S/C12H14N4O2/c1-15-6-5-13-10(15)8-16(2)12(18)9-3-4-11(17)14-7-9/h3-7H,8H2,1-2H3,(H,14,17). The average Bonchev–Trinajstić information content (AvgIpc) is 2.75. The van der Waals surface area contributed by atoms with E-state index in [2.05, 4.69) is 9.97 Å². The Kier molecular flexibility index (Phi) is 3.27. The van der Waals surface area contributed by atoms with Crippen molar-refractivity contribution in [2.75, 3.05) is 7.05 Å². The van der Waals surface area contributed by atoms with Gasteiger partial charge in [-0.05, 0) is 6.07 Å². The number of carbonyl (C=O) groups excluding carboxylic acids is 1. The number of pyridine rings is 1. The monoisotopic (exact) mass is 246 g/mol. The molecular formula is C12H14N4O2. The maximum atomic E-state index is 12.1. The zero-order valence-electron chi connectivity index (χ0n) is 10.3. The van der Waals surface area contributed by atoms with Crippen LogP contribution in [0.2, 0.25) is 0 Å². The third-order valence-corrected chi connectivity index (χ3v) is 2.68. The zero-order valence-corrected chi connectivity index (χ0v) is 10.3. The molecule has 2 aromatic rings. The second kappa shape index (κ2) is 4.87. The summed E-state index contributed by atoms with van der Waals surface area (Å²) in [4.78, 5) is 31.2. The molecule has 0 fully saturated rings. The van der Waals surface area contributed by atoms with Gasteiger partial charge in [-0.1, -0.05) is 0 Å². The predicted octanol–water partition coefficient (Wildman–Crippen LogP) is 0.381. The molecule has 2 rings (SSSR count). The lowest BCUT2D eigenvalue weighted by atomic mass is 10.2. The van der Waals surface area contributed by atoms with E-state index in [0.29, 0.717) is 12.1 Å². The summed E-state index contributed by atoms with van der Waals surface area (Å²) >= 11 is 0. The van der Waals surface area contributed by atoms with Gasteiger partial charge in [-0.3, -0.25) is 9.59 Å². The van der Waals surface area contributed by atoms with Crippen LogP contribution in [0.3, 0.4) is 0 Å². The number of H-pyrrole nitrogens is 1. The molecule has 0 aliphatic rings. The summed E-state index contributed by atoms with van der Waals surface area (Å²) in [5, 5.41) is 0. The first kappa shape index (κ1) is 12.1. The molecule has 0 unspecified atom stereocenters. The Morgan fingerprint density at radius 3 is 2.83 bits per heavy atom. The molecule has 6 nitrogen and oxygen atoms in total. The third-order valence-electron chi connectivity index (χ3n) is 2.68. The number of hydrogen-bond acceptors (Lipinski definition) is 3. The molecule has 1 N–H and O–H groups in total. The minimum atomic E-state index is -0.224. The number of carbonyl (C=O) groups is 1. The first-order valence-electron chi connectivity index (χ1n) is 5.48. The number of nitrogens with zero attached hydrogens (tertiary/aromatic N) is 3. The van der Waals surface area contributed by atoms with Crippen molar-refractivity contribution < 1.29 is 4.79 Å². The van der Waals surface area contributed by atoms with Gasteiger partial charge in [0.15, 0.2) is 0 Å². The summed E-state index contributed by atoms with van der Waals surface area (Å²) in [7, 11) is 3.57. The van der Waals surface area contributed by atoms with Crippen molar-refractivity contribution in [3.63, 3.8) is 0 Å². The van der Waals surface area contributed by atoms with E-state index in [1.54, 1.807) is 18.1 Å². The Balaban J connectivity index is 2.12. The number of aromatic nitrogens is 3. The van der Waals surface area contributed by atoms with Crippen LogP contribution in [0, 0.1) is 0 Å². The van der Waals surface area contributed by atoms with E-state index >= 15 is 0 Å². The Morgan fingerprint density at radius 2 is 2.28 bits per heavy atom. The Morgan fingerprint density at radius 1 is 1.50 bits per heavy atom. The van der Waals surface area contributed by atoms with Crippen LogP contribution >= 0.6 is 0 Å². The molecular weight excluding hydrogens is 232 g/mol. The Hall–Kier alpha value is -2.37. The first-order valence-corrected chi connectivity index (χ1v) is 5.48. The summed E-state index contributed by atoms with van der Waals surface area (Å²) < 4.78 is 1.86. The van der Waals surface area contributed by atoms with Crippen LogP contribution in [0.1, 0.15) is 16.2 Å². The summed E-state index contributed by atoms with van der Waals surface area (Å²) in [5.41, 5.74) is 0.226. The molecule has 18 heavy (non-hydrogen) atoms. The van der Waals surface area contributed by atoms with Gasteiger partial charge in [0, 0.05) is 38.8 Å². The number of rotatable bonds is 3. The summed E-state index contributed by atoms with van der Waals surface area (Å²) in [5.74, 6) is 0.643. The number of aromatic amines is 1. The van der Waals surface area contributed by atoms with Gasteiger partial charge in [-0.25, -0.2) is 4.98 Å². The van der Waals surface area contributed by atoms with Crippen LogP contribution in [0.4, 0.5) is 0 Å². The van der Waals surface area contributed by atoms with Crippen molar-refractivity contribution in [2.45, 2.75) is 6.54 Å². The van der Waals surface area contributed by atoms with E-state index in [-0.39, 0.29) is 11.5 Å². The highest BCUT2D eigenvalue weighted by Crippen LogP contribution is 2.04. The van der Waals surface area contributed by atoms with Gasteiger partial charge in [-0.15, -0.1) is 0 Å². The Labute approximate surface area is 104 Å². The Bertz CT molecular complexity index is 594. The minimum Gasteiger partial charge on any atom is -0.337 e. The summed E-state index contributed by atoms with van der Waals surface area (Å²) in [6, 6.07) is 2.85. The molecule has 0 bridgehead atoms. The summed E-state index contributed by atoms with van der Waals surface area (Å²) in [6.45, 7) is 0.418. The SMILES string of the molecule is CN(Cc1nccn1C)C(=O)c1ccc(=O)[nH]c1. The van der Waals surface area contributed by atoms with Gasteiger partial charge in [0.05, 0.1) is 12.1 Å². The highest BCUT2D eigenvalue weighted by atomic mass is 16.2. The quantitative estimate of drug-likeness (QED) is 0.851. The smallest absolute Gasteiger partial charge is 0.255 e. The van der Waals surface area contributed by atoms with E-state index in [9.17, 15) is 9.59 Å². The van der Waals surface area contributed by atoms with Crippen LogP contribution in [-0.4, -0.2) is 32.4 Å². The van der Waals surface area contributed by atoms with E-state index in [1.807, 2.05) is 17.8 Å². The van der Waals surface area contributed by atoms with Crippen molar-refractivity contribution in [2.24, 2.45) is 7.05 Å². The number of hydrogen-bond donors (Lipinski definition) is 1. The normalized spacial score (nSPS) is 10.3. The van der Waals surface area contributed by atoms with Gasteiger partial charge < -0.3 is 14.5 Å². The largest absolute Gasteiger partial charge is 0.337 e. The van der Waals surface area contributed by atoms with Gasteiger partial charge in [0.1, 0.15) is 5.82 Å². The average molecular weight is 246 g/mol. The van der Waals surface area contributed by atoms with Crippen LogP contribution in [0.5, 0.6) is 0 Å². The highest BCUT2D eigenvalue weighted by Gasteiger charge is 2.13. The van der Waals surface area contributed by atoms with E-state index in [0.717, 1.165) is 5.82 Å². The molecule has 0 spiro atoms. The molecule has 0 atom stereocenters. The molecule has 0 saturated heterocycles. The topological polar surface area (TPSA) is 71.0 Å². The number of imidazole rings is 1. The lowest BCUT2D eigenvalue weighted by Crippen LogP contribution is -2.28. The van der Waals surface area contributed by atoms with Crippen LogP contribution in [0.25, 0.3) is 0 Å². The van der Waals surface area contributed by atoms with Crippen LogP contribution in [-0.2, 0) is 13.6 Å². The fourth-order valence-electron chi connectivity index (χ4n) is 1.60. The van der Waals surface area contributed by atoms with Crippen molar-refractivity contribution in [1.29, 1.82) is 0 Å².